The van der Waals surface area contributed by atoms with Gasteiger partial charge in [0, 0.05) is 5.54 Å². The Labute approximate surface area is 68.6 Å². The average molecular weight is 112 g/mol. The first kappa shape index (κ1) is 10.8. The summed E-state index contributed by atoms with van der Waals surface area (Å²) in [6, 6.07) is 0. The van der Waals surface area contributed by atoms with Gasteiger partial charge in [-0.25, -0.2) is 0 Å². The summed E-state index contributed by atoms with van der Waals surface area (Å²) in [5.74, 6) is 5.06. The largest absolute Gasteiger partial charge is 1.00 e. The van der Waals surface area contributed by atoms with Crippen molar-refractivity contribution >= 4 is 0 Å². The smallest absolute Gasteiger partial charge is 1.00 e. The minimum Gasteiger partial charge on any atom is -1.00 e. The molecule has 0 fully saturated rings. The first-order chi connectivity index (χ1) is 2.56. The van der Waals surface area contributed by atoms with Crippen molar-refractivity contribution in [1.29, 1.82) is 0 Å². The van der Waals surface area contributed by atoms with Gasteiger partial charge in [-0.2, -0.15) is 0 Å². The van der Waals surface area contributed by atoms with Crippen LogP contribution in [0.4, 0.5) is 0 Å². The van der Waals surface area contributed by atoms with Crippen molar-refractivity contribution in [3.63, 3.8) is 0 Å². The van der Waals surface area contributed by atoms with Gasteiger partial charge in [0.05, 0.1) is 0 Å². The van der Waals surface area contributed by atoms with Gasteiger partial charge in [-0.3, -0.25) is 11.3 Å². The molecule has 0 bridgehead atoms. The number of nitrogens with one attached hydrogen (secondary N) is 1. The topological polar surface area (TPSA) is 38.0 Å². The van der Waals surface area contributed by atoms with Crippen molar-refractivity contribution in [3.8, 4) is 0 Å². The van der Waals surface area contributed by atoms with Crippen molar-refractivity contribution in [1.82, 2.24) is 5.43 Å². The van der Waals surface area contributed by atoms with E-state index in [9.17, 15) is 0 Å². The second kappa shape index (κ2) is 3.87. The Bertz CT molecular complexity index is 43.8. The van der Waals surface area contributed by atoms with Gasteiger partial charge in [-0.05, 0) is 20.8 Å². The molecule has 0 aromatic rings. The van der Waals surface area contributed by atoms with Crippen LogP contribution in [-0.4, -0.2) is 5.54 Å². The van der Waals surface area contributed by atoms with Gasteiger partial charge in [0.2, 0.25) is 0 Å². The van der Waals surface area contributed by atoms with Crippen molar-refractivity contribution in [2.75, 3.05) is 0 Å². The van der Waals surface area contributed by atoms with E-state index in [0.29, 0.717) is 0 Å². The van der Waals surface area contributed by atoms with E-state index < -0.39 is 0 Å². The molecule has 0 radical (unpaired) electrons. The van der Waals surface area contributed by atoms with Gasteiger partial charge < -0.3 is 1.43 Å². The SMILES string of the molecule is CC(C)(C)NN.[H-].[Na+]. The maximum absolute atomic E-state index is 5.06. The van der Waals surface area contributed by atoms with E-state index in [0.717, 1.165) is 0 Å². The molecule has 0 aromatic heterocycles. The average Bonchev–Trinajstić information content (AvgIpc) is 1.35. The molecule has 0 atom stereocenters. The molecule has 3 heteroatoms. The number of rotatable bonds is 0. The molecule has 0 saturated heterocycles. The van der Waals surface area contributed by atoms with E-state index >= 15 is 0 Å². The quantitative estimate of drug-likeness (QED) is 0.204. The number of nitrogens with two attached hydrogens (primary N) is 1. The second-order valence-electron chi connectivity index (χ2n) is 2.39. The maximum Gasteiger partial charge on any atom is 1.00 e. The summed E-state index contributed by atoms with van der Waals surface area (Å²) in [5, 5.41) is 0. The summed E-state index contributed by atoms with van der Waals surface area (Å²) in [7, 11) is 0. The van der Waals surface area contributed by atoms with Crippen LogP contribution in [-0.2, 0) is 0 Å². The molecule has 0 heterocycles. The van der Waals surface area contributed by atoms with Gasteiger partial charge in [-0.1, -0.05) is 0 Å². The predicted octanol–water partition coefficient (Wildman–Crippen LogP) is -2.64. The summed E-state index contributed by atoms with van der Waals surface area (Å²) in [6.45, 7) is 6.02. The van der Waals surface area contributed by atoms with Crippen molar-refractivity contribution in [2.24, 2.45) is 5.84 Å². The molecule has 2 nitrogen and oxygen atoms in total. The molecule has 0 saturated carbocycles. The van der Waals surface area contributed by atoms with Crippen LogP contribution in [0.25, 0.3) is 0 Å². The van der Waals surface area contributed by atoms with Crippen LogP contribution in [0, 0.1) is 0 Å². The minimum absolute atomic E-state index is 0. The van der Waals surface area contributed by atoms with Gasteiger partial charge in [-0.15, -0.1) is 0 Å². The number of hydrogen-bond acceptors (Lipinski definition) is 2. The van der Waals surface area contributed by atoms with Crippen molar-refractivity contribution in [2.45, 2.75) is 26.3 Å². The van der Waals surface area contributed by atoms with Crippen LogP contribution in [0.5, 0.6) is 0 Å². The summed E-state index contributed by atoms with van der Waals surface area (Å²) in [5.41, 5.74) is 2.67. The van der Waals surface area contributed by atoms with E-state index in [1.165, 1.54) is 0 Å². The summed E-state index contributed by atoms with van der Waals surface area (Å²) in [6.07, 6.45) is 0. The van der Waals surface area contributed by atoms with Crippen LogP contribution in [0.3, 0.4) is 0 Å². The zero-order valence-electron chi connectivity index (χ0n) is 6.58. The Morgan fingerprint density at radius 2 is 1.57 bits per heavy atom. The molecule has 0 aliphatic rings. The van der Waals surface area contributed by atoms with Gasteiger partial charge in [0.1, 0.15) is 0 Å². The molecule has 0 aromatic carbocycles. The molecule has 0 aliphatic heterocycles. The molecule has 3 N–H and O–H groups in total. The molecule has 40 valence electrons. The molecule has 0 amide bonds. The van der Waals surface area contributed by atoms with Crippen LogP contribution >= 0.6 is 0 Å². The van der Waals surface area contributed by atoms with Crippen LogP contribution < -0.4 is 40.8 Å². The monoisotopic (exact) mass is 112 g/mol. The van der Waals surface area contributed by atoms with Crippen LogP contribution in [0.15, 0.2) is 0 Å². The third kappa shape index (κ3) is 10.9. The molecule has 0 aliphatic carbocycles. The van der Waals surface area contributed by atoms with E-state index in [2.05, 4.69) is 5.43 Å². The zero-order valence-corrected chi connectivity index (χ0v) is 7.58. The fourth-order valence-electron chi connectivity index (χ4n) is 0. The normalized spacial score (nSPS) is 10.3. The van der Waals surface area contributed by atoms with Gasteiger partial charge in [0.25, 0.3) is 0 Å². The van der Waals surface area contributed by atoms with E-state index in [1.807, 2.05) is 20.8 Å². The van der Waals surface area contributed by atoms with Crippen LogP contribution in [0.2, 0.25) is 0 Å². The molecule has 0 spiro atoms. The fraction of sp³-hybridized carbons (Fsp3) is 1.00. The Kier molecular flexibility index (Phi) is 5.98. The minimum atomic E-state index is 0. The maximum atomic E-state index is 5.06. The molecular weight excluding hydrogens is 99.0 g/mol. The summed E-state index contributed by atoms with van der Waals surface area (Å²) < 4.78 is 0. The first-order valence-electron chi connectivity index (χ1n) is 2.04. The van der Waals surface area contributed by atoms with Gasteiger partial charge >= 0.3 is 29.6 Å². The van der Waals surface area contributed by atoms with Crippen LogP contribution in [0.1, 0.15) is 22.2 Å². The predicted molar refractivity (Wildman–Crippen MR) is 28.2 cm³/mol. The second-order valence-corrected chi connectivity index (χ2v) is 2.39. The van der Waals surface area contributed by atoms with Crippen molar-refractivity contribution in [3.05, 3.63) is 0 Å². The number of hydrogen-bond donors (Lipinski definition) is 2. The third-order valence-electron chi connectivity index (χ3n) is 0.433. The third-order valence-corrected chi connectivity index (χ3v) is 0.433. The molecule has 0 unspecified atom stereocenters. The fourth-order valence-corrected chi connectivity index (χ4v) is 0. The van der Waals surface area contributed by atoms with Gasteiger partial charge in [0.15, 0.2) is 0 Å². The van der Waals surface area contributed by atoms with E-state index in [1.54, 1.807) is 0 Å². The zero-order chi connectivity index (χ0) is 5.21. The summed E-state index contributed by atoms with van der Waals surface area (Å²) >= 11 is 0. The van der Waals surface area contributed by atoms with E-state index in [4.69, 9.17) is 5.84 Å². The molecular formula is C4H13N2Na. The Balaban J connectivity index is -0.000000125. The molecule has 7 heavy (non-hydrogen) atoms. The van der Waals surface area contributed by atoms with E-state index in [-0.39, 0.29) is 36.5 Å². The Morgan fingerprint density at radius 3 is 1.57 bits per heavy atom. The standard InChI is InChI=1S/C4H12N2.Na.H/c1-4(2,3)6-5;;/h6H,5H2,1-3H3;;/q;+1;-1. The number of hydrazine groups is 1. The summed E-state index contributed by atoms with van der Waals surface area (Å²) in [4.78, 5) is 0. The first-order valence-corrected chi connectivity index (χ1v) is 2.04. The Hall–Kier alpha value is 0.920. The Morgan fingerprint density at radius 1 is 1.43 bits per heavy atom. The van der Waals surface area contributed by atoms with Crippen molar-refractivity contribution < 1.29 is 31.0 Å². The molecule has 0 rings (SSSR count).